The highest BCUT2D eigenvalue weighted by Crippen LogP contribution is 2.20. The molecule has 0 aliphatic carbocycles. The van der Waals surface area contributed by atoms with Crippen molar-refractivity contribution in [2.45, 2.75) is 87.8 Å². The van der Waals surface area contributed by atoms with Crippen LogP contribution in [0.5, 0.6) is 0 Å². The quantitative estimate of drug-likeness (QED) is 0.450. The molecule has 2 amide bonds. The second-order valence-electron chi connectivity index (χ2n) is 14.2. The zero-order valence-electron chi connectivity index (χ0n) is 31.2. The van der Waals surface area contributed by atoms with Crippen LogP contribution in [0.15, 0.2) is 58.3 Å². The number of benzene rings is 2. The third-order valence-electron chi connectivity index (χ3n) is 9.96. The number of fused-ring (bicyclic) bond motifs is 6. The van der Waals surface area contributed by atoms with Crippen molar-refractivity contribution in [1.29, 1.82) is 0 Å². The van der Waals surface area contributed by atoms with Crippen LogP contribution >= 0.6 is 0 Å². The molecule has 2 fully saturated rings. The Balaban J connectivity index is 1.63. The monoisotopic (exact) mass is 760 g/mol. The maximum absolute atomic E-state index is 14.0. The van der Waals surface area contributed by atoms with E-state index < -0.39 is 20.0 Å². The lowest BCUT2D eigenvalue weighted by Crippen LogP contribution is -2.51. The van der Waals surface area contributed by atoms with Gasteiger partial charge >= 0.3 is 0 Å². The van der Waals surface area contributed by atoms with Gasteiger partial charge in [0.2, 0.25) is 31.9 Å². The van der Waals surface area contributed by atoms with Gasteiger partial charge in [-0.1, -0.05) is 86.8 Å². The topological polar surface area (TPSA) is 139 Å². The van der Waals surface area contributed by atoms with Gasteiger partial charge in [0.15, 0.2) is 0 Å². The molecule has 0 spiro atoms. The van der Waals surface area contributed by atoms with Crippen LogP contribution in [0.4, 0.5) is 0 Å². The predicted molar refractivity (Wildman–Crippen MR) is 205 cm³/mol. The Hall–Kier alpha value is -2.88. The molecule has 2 aliphatic heterocycles. The minimum absolute atomic E-state index is 0.0170. The Bertz CT molecular complexity index is 1480. The van der Waals surface area contributed by atoms with Gasteiger partial charge in [0.25, 0.3) is 0 Å². The lowest BCUT2D eigenvalue weighted by molar-refractivity contribution is -0.122. The van der Waals surface area contributed by atoms with Gasteiger partial charge < -0.3 is 10.6 Å². The molecule has 0 radical (unpaired) electrons. The molecule has 12 nitrogen and oxygen atoms in total. The number of sulfonamides is 2. The van der Waals surface area contributed by atoms with Crippen molar-refractivity contribution in [3.8, 4) is 0 Å². The largest absolute Gasteiger partial charge is 0.355 e. The maximum Gasteiger partial charge on any atom is 0.243 e. The van der Waals surface area contributed by atoms with Crippen molar-refractivity contribution in [3.05, 3.63) is 59.7 Å². The molecule has 2 aliphatic rings. The Morgan fingerprint density at radius 1 is 0.442 bits per heavy atom. The number of hydrogen-bond donors (Lipinski definition) is 2. The van der Waals surface area contributed by atoms with E-state index >= 15 is 0 Å². The first kappa shape index (κ1) is 41.9. The van der Waals surface area contributed by atoms with Crippen LogP contribution in [0.1, 0.15) is 75.3 Å². The first-order valence-corrected chi connectivity index (χ1v) is 21.9. The zero-order chi connectivity index (χ0) is 37.4. The van der Waals surface area contributed by atoms with Crippen molar-refractivity contribution in [1.82, 2.24) is 29.0 Å². The van der Waals surface area contributed by atoms with Crippen LogP contribution in [0.25, 0.3) is 0 Å². The smallest absolute Gasteiger partial charge is 0.243 e. The molecular weight excluding hydrogens is 701 g/mol. The van der Waals surface area contributed by atoms with E-state index in [9.17, 15) is 26.4 Å². The van der Waals surface area contributed by atoms with Crippen LogP contribution in [-0.4, -0.2) is 126 Å². The number of rotatable bonds is 4. The fourth-order valence-electron chi connectivity index (χ4n) is 6.61. The highest BCUT2D eigenvalue weighted by molar-refractivity contribution is 7.89. The van der Waals surface area contributed by atoms with Gasteiger partial charge in [0.05, 0.1) is 22.9 Å². The number of carbonyl (C=O) groups is 2. The molecule has 0 atom stereocenters. The van der Waals surface area contributed by atoms with Gasteiger partial charge in [-0.25, -0.2) is 16.8 Å². The van der Waals surface area contributed by atoms with Crippen molar-refractivity contribution in [2.24, 2.45) is 0 Å². The molecule has 290 valence electrons. The summed E-state index contributed by atoms with van der Waals surface area (Å²) in [6, 6.07) is 13.5. The minimum atomic E-state index is -3.91. The predicted octanol–water partition coefficient (Wildman–Crippen LogP) is 3.75. The van der Waals surface area contributed by atoms with E-state index in [1.54, 1.807) is 48.5 Å². The average Bonchev–Trinajstić information content (AvgIpc) is 3.10. The van der Waals surface area contributed by atoms with E-state index in [2.05, 4.69) is 10.6 Å². The molecule has 0 saturated carbocycles. The second kappa shape index (κ2) is 21.1. The third-order valence-corrected chi connectivity index (χ3v) is 13.8. The van der Waals surface area contributed by atoms with Gasteiger partial charge in [-0.2, -0.15) is 8.61 Å². The van der Waals surface area contributed by atoms with Gasteiger partial charge in [-0.15, -0.1) is 0 Å². The molecular formula is C38H60N6O6S2. The number of amides is 2. The number of hydrogen-bond acceptors (Lipinski definition) is 8. The summed E-state index contributed by atoms with van der Waals surface area (Å²) in [4.78, 5) is 30.5. The summed E-state index contributed by atoms with van der Waals surface area (Å²) in [7, 11) is -7.83. The number of nitrogens with one attached hydrogen (secondary N) is 2. The number of nitrogens with zero attached hydrogens (tertiary/aromatic N) is 4. The molecule has 2 aromatic rings. The fraction of sp³-hybridized carbons (Fsp3) is 0.632. The zero-order valence-corrected chi connectivity index (χ0v) is 32.9. The fourth-order valence-corrected chi connectivity index (χ4v) is 9.46. The van der Waals surface area contributed by atoms with E-state index in [1.807, 2.05) is 23.6 Å². The van der Waals surface area contributed by atoms with Gasteiger partial charge in [0, 0.05) is 65.4 Å². The lowest BCUT2D eigenvalue weighted by Gasteiger charge is -2.33. The highest BCUT2D eigenvalue weighted by atomic mass is 32.2. The summed E-state index contributed by atoms with van der Waals surface area (Å²) in [5.74, 6) is -0.341. The summed E-state index contributed by atoms with van der Waals surface area (Å²) in [5.41, 5.74) is 1.89. The van der Waals surface area contributed by atoms with E-state index in [1.165, 1.54) is 34.3 Å². The van der Waals surface area contributed by atoms with Gasteiger partial charge in [0.1, 0.15) is 0 Å². The maximum atomic E-state index is 14.0. The Morgan fingerprint density at radius 2 is 0.731 bits per heavy atom. The van der Waals surface area contributed by atoms with Crippen LogP contribution in [0.3, 0.4) is 0 Å². The Kier molecular flexibility index (Phi) is 17.0. The van der Waals surface area contributed by atoms with Crippen molar-refractivity contribution in [2.75, 3.05) is 78.5 Å². The Labute approximate surface area is 312 Å². The lowest BCUT2D eigenvalue weighted by atomic mass is 10.1. The summed E-state index contributed by atoms with van der Waals surface area (Å²) < 4.78 is 59.0. The minimum Gasteiger partial charge on any atom is -0.355 e. The molecule has 2 heterocycles. The first-order chi connectivity index (χ1) is 24.9. The van der Waals surface area contributed by atoms with Gasteiger partial charge in [-0.05, 0) is 51.0 Å². The van der Waals surface area contributed by atoms with E-state index in [4.69, 9.17) is 0 Å². The van der Waals surface area contributed by atoms with Crippen molar-refractivity contribution >= 4 is 31.9 Å². The van der Waals surface area contributed by atoms with Crippen LogP contribution in [0.2, 0.25) is 0 Å². The molecule has 2 N–H and O–H groups in total. The normalized spacial score (nSPS) is 23.2. The standard InChI is InChI=1S/C38H60N6O6S2/c1-33-13-17-35(18-14-33)51(47,48)43-27-23-41-25-29-44(52(49,50)36-19-15-34(2)16-20-36)30-26-42(24-28-43)32-38(46)40-22-12-10-8-6-4-3-5-7-9-11-21-39-37(45)31-41/h13-20H,3-12,21-32H2,1-2H3,(H,39,45)(H,40,46). The number of aryl methyl sites for hydroxylation is 2. The summed E-state index contributed by atoms with van der Waals surface area (Å²) >= 11 is 0. The van der Waals surface area contributed by atoms with Gasteiger partial charge in [-0.3, -0.25) is 19.4 Å². The van der Waals surface area contributed by atoms with E-state index in [-0.39, 0.29) is 87.1 Å². The number of carbonyl (C=O) groups excluding carboxylic acids is 2. The molecule has 0 unspecified atom stereocenters. The van der Waals surface area contributed by atoms with E-state index in [0.717, 1.165) is 49.7 Å². The molecule has 52 heavy (non-hydrogen) atoms. The van der Waals surface area contributed by atoms with Crippen LogP contribution < -0.4 is 10.6 Å². The molecule has 2 saturated heterocycles. The summed E-state index contributed by atoms with van der Waals surface area (Å²) in [6.45, 7) is 6.21. The average molecular weight is 761 g/mol. The molecule has 14 heteroatoms. The Morgan fingerprint density at radius 3 is 1.04 bits per heavy atom. The first-order valence-electron chi connectivity index (χ1n) is 19.1. The van der Waals surface area contributed by atoms with Crippen molar-refractivity contribution in [3.63, 3.8) is 0 Å². The summed E-state index contributed by atoms with van der Waals surface area (Å²) in [5, 5.41) is 6.06. The third kappa shape index (κ3) is 13.5. The van der Waals surface area contributed by atoms with E-state index in [0.29, 0.717) is 13.1 Å². The highest BCUT2D eigenvalue weighted by Gasteiger charge is 2.30. The molecule has 2 bridgehead atoms. The molecule has 4 rings (SSSR count). The molecule has 2 aromatic carbocycles. The summed E-state index contributed by atoms with van der Waals surface area (Å²) in [6.07, 6.45) is 10.9. The van der Waals surface area contributed by atoms with Crippen LogP contribution in [-0.2, 0) is 29.6 Å². The van der Waals surface area contributed by atoms with Crippen molar-refractivity contribution < 1.29 is 26.4 Å². The molecule has 0 aromatic heterocycles. The second-order valence-corrected chi connectivity index (χ2v) is 18.1. The SMILES string of the molecule is Cc1ccc(S(=O)(=O)N2CCN3CCN(S(=O)(=O)c4ccc(C)cc4)CCN(CC2)CC(=O)NCCCCCCCCCCCCNC(=O)C3)cc1. The van der Waals surface area contributed by atoms with Crippen LogP contribution in [0, 0.1) is 13.8 Å².